The van der Waals surface area contributed by atoms with E-state index in [-0.39, 0.29) is 23.1 Å². The van der Waals surface area contributed by atoms with Gasteiger partial charge in [0, 0.05) is 19.3 Å². The first-order chi connectivity index (χ1) is 9.11. The average Bonchev–Trinajstić information content (AvgIpc) is 2.38. The molecule has 2 rings (SSSR count). The van der Waals surface area contributed by atoms with E-state index in [0.29, 0.717) is 5.02 Å². The molecule has 0 aliphatic carbocycles. The summed E-state index contributed by atoms with van der Waals surface area (Å²) in [5, 5.41) is 14.0. The van der Waals surface area contributed by atoms with Crippen molar-refractivity contribution in [1.82, 2.24) is 15.0 Å². The normalized spacial score (nSPS) is 10.0. The highest BCUT2D eigenvalue weighted by atomic mass is 35.5. The molecule has 1 N–H and O–H groups in total. The first kappa shape index (κ1) is 13.0. The van der Waals surface area contributed by atoms with Crippen molar-refractivity contribution in [3.05, 3.63) is 39.9 Å². The third kappa shape index (κ3) is 2.86. The number of nitro groups is 1. The molecule has 0 aliphatic rings. The van der Waals surface area contributed by atoms with Crippen molar-refractivity contribution in [3.8, 4) is 11.6 Å². The second-order valence-corrected chi connectivity index (χ2v) is 3.76. The van der Waals surface area contributed by atoms with E-state index in [9.17, 15) is 10.1 Å². The highest BCUT2D eigenvalue weighted by Gasteiger charge is 2.24. The number of pyridine rings is 1. The molecule has 9 heteroatoms. The van der Waals surface area contributed by atoms with Gasteiger partial charge in [0.2, 0.25) is 5.82 Å². The van der Waals surface area contributed by atoms with Crippen molar-refractivity contribution in [2.75, 3.05) is 12.4 Å². The van der Waals surface area contributed by atoms with Gasteiger partial charge >= 0.3 is 11.6 Å². The van der Waals surface area contributed by atoms with Crippen LogP contribution in [0.4, 0.5) is 11.5 Å². The Bertz CT molecular complexity index is 622. The largest absolute Gasteiger partial charge is 0.432 e. The van der Waals surface area contributed by atoms with Crippen LogP contribution in [-0.4, -0.2) is 26.9 Å². The topological polar surface area (TPSA) is 103 Å². The van der Waals surface area contributed by atoms with Gasteiger partial charge in [-0.05, 0) is 0 Å². The molecule has 8 nitrogen and oxygen atoms in total. The molecule has 0 saturated heterocycles. The Kier molecular flexibility index (Phi) is 3.71. The number of ether oxygens (including phenoxy) is 1. The Balaban J connectivity index is 2.42. The average molecular weight is 282 g/mol. The lowest BCUT2D eigenvalue weighted by atomic mass is 10.4. The van der Waals surface area contributed by atoms with Crippen molar-refractivity contribution in [2.45, 2.75) is 0 Å². The fourth-order valence-corrected chi connectivity index (χ4v) is 1.51. The Hall–Kier alpha value is -2.48. The van der Waals surface area contributed by atoms with Crippen LogP contribution in [0.1, 0.15) is 0 Å². The lowest BCUT2D eigenvalue weighted by molar-refractivity contribution is -0.385. The van der Waals surface area contributed by atoms with Gasteiger partial charge in [0.25, 0.3) is 0 Å². The zero-order valence-corrected chi connectivity index (χ0v) is 10.5. The summed E-state index contributed by atoms with van der Waals surface area (Å²) in [4.78, 5) is 21.7. The quantitative estimate of drug-likeness (QED) is 0.677. The Morgan fingerprint density at radius 1 is 1.42 bits per heavy atom. The molecule has 0 bridgehead atoms. The molecule has 98 valence electrons. The lowest BCUT2D eigenvalue weighted by Crippen LogP contribution is -2.03. The van der Waals surface area contributed by atoms with Gasteiger partial charge in [-0.1, -0.05) is 11.6 Å². The van der Waals surface area contributed by atoms with E-state index in [1.165, 1.54) is 25.5 Å². The maximum Gasteiger partial charge on any atom is 0.373 e. The smallest absolute Gasteiger partial charge is 0.373 e. The summed E-state index contributed by atoms with van der Waals surface area (Å²) in [7, 11) is 1.51. The van der Waals surface area contributed by atoms with Crippen LogP contribution >= 0.6 is 11.6 Å². The number of nitrogens with one attached hydrogen (secondary N) is 1. The molecule has 2 aromatic heterocycles. The van der Waals surface area contributed by atoms with E-state index >= 15 is 0 Å². The Labute approximate surface area is 112 Å². The van der Waals surface area contributed by atoms with Crippen LogP contribution in [0.25, 0.3) is 0 Å². The standard InChI is InChI=1S/C10H8ClN5O3/c1-12-9-8(16(17)18)10(15-5-14-9)19-7-2-6(11)3-13-4-7/h2-5H,1H3,(H,12,14,15). The summed E-state index contributed by atoms with van der Waals surface area (Å²) in [6.07, 6.45) is 3.95. The van der Waals surface area contributed by atoms with E-state index in [4.69, 9.17) is 16.3 Å². The third-order valence-electron chi connectivity index (χ3n) is 2.10. The summed E-state index contributed by atoms with van der Waals surface area (Å²) in [5.74, 6) is 0.120. The van der Waals surface area contributed by atoms with Crippen molar-refractivity contribution in [2.24, 2.45) is 0 Å². The van der Waals surface area contributed by atoms with E-state index in [1.54, 1.807) is 0 Å². The van der Waals surface area contributed by atoms with Gasteiger partial charge < -0.3 is 10.1 Å². The molecule has 0 unspecified atom stereocenters. The third-order valence-corrected chi connectivity index (χ3v) is 2.31. The van der Waals surface area contributed by atoms with E-state index in [1.807, 2.05) is 0 Å². The highest BCUT2D eigenvalue weighted by Crippen LogP contribution is 2.33. The van der Waals surface area contributed by atoms with Crippen molar-refractivity contribution < 1.29 is 9.66 Å². The molecule has 0 spiro atoms. The molecule has 0 aliphatic heterocycles. The molecule has 19 heavy (non-hydrogen) atoms. The number of hydrogen-bond donors (Lipinski definition) is 1. The minimum absolute atomic E-state index is 0.0602. The zero-order chi connectivity index (χ0) is 13.8. The molecule has 2 aromatic rings. The Morgan fingerprint density at radius 3 is 2.84 bits per heavy atom. The van der Waals surface area contributed by atoms with Crippen LogP contribution in [0, 0.1) is 10.1 Å². The number of anilines is 1. The van der Waals surface area contributed by atoms with Crippen LogP contribution in [0.2, 0.25) is 5.02 Å². The van der Waals surface area contributed by atoms with Gasteiger partial charge in [0.05, 0.1) is 16.1 Å². The maximum absolute atomic E-state index is 11.0. The minimum atomic E-state index is -0.626. The van der Waals surface area contributed by atoms with Crippen LogP contribution in [0.5, 0.6) is 11.6 Å². The number of hydrogen-bond acceptors (Lipinski definition) is 7. The lowest BCUT2D eigenvalue weighted by Gasteiger charge is -2.06. The molecule has 2 heterocycles. The molecule has 0 saturated carbocycles. The van der Waals surface area contributed by atoms with Gasteiger partial charge in [0.15, 0.2) is 0 Å². The minimum Gasteiger partial charge on any atom is -0.432 e. The summed E-state index contributed by atoms with van der Waals surface area (Å²) >= 11 is 5.75. The molecular formula is C10H8ClN5O3. The van der Waals surface area contributed by atoms with Crippen molar-refractivity contribution >= 4 is 23.1 Å². The fraction of sp³-hybridized carbons (Fsp3) is 0.100. The van der Waals surface area contributed by atoms with Crippen LogP contribution < -0.4 is 10.1 Å². The second kappa shape index (κ2) is 5.44. The van der Waals surface area contributed by atoms with E-state index in [2.05, 4.69) is 20.3 Å². The van der Waals surface area contributed by atoms with Gasteiger partial charge in [-0.25, -0.2) is 4.98 Å². The highest BCUT2D eigenvalue weighted by molar-refractivity contribution is 6.30. The van der Waals surface area contributed by atoms with Crippen LogP contribution in [-0.2, 0) is 0 Å². The summed E-state index contributed by atoms with van der Waals surface area (Å²) in [5.41, 5.74) is -0.357. The first-order valence-electron chi connectivity index (χ1n) is 5.07. The number of rotatable bonds is 4. The van der Waals surface area contributed by atoms with Crippen molar-refractivity contribution in [1.29, 1.82) is 0 Å². The van der Waals surface area contributed by atoms with Gasteiger partial charge in [-0.3, -0.25) is 15.1 Å². The predicted molar refractivity (Wildman–Crippen MR) is 67.6 cm³/mol. The van der Waals surface area contributed by atoms with Gasteiger partial charge in [-0.2, -0.15) is 4.98 Å². The Morgan fingerprint density at radius 2 is 2.21 bits per heavy atom. The molecule has 0 fully saturated rings. The monoisotopic (exact) mass is 281 g/mol. The van der Waals surface area contributed by atoms with E-state index < -0.39 is 4.92 Å². The van der Waals surface area contributed by atoms with Gasteiger partial charge in [-0.15, -0.1) is 0 Å². The number of aromatic nitrogens is 3. The van der Waals surface area contributed by atoms with Crippen LogP contribution in [0.15, 0.2) is 24.8 Å². The molecular weight excluding hydrogens is 274 g/mol. The maximum atomic E-state index is 11.0. The van der Waals surface area contributed by atoms with Crippen molar-refractivity contribution in [3.63, 3.8) is 0 Å². The molecule has 0 amide bonds. The molecule has 0 radical (unpaired) electrons. The second-order valence-electron chi connectivity index (χ2n) is 3.32. The molecule has 0 aromatic carbocycles. The van der Waals surface area contributed by atoms with Gasteiger partial charge in [0.1, 0.15) is 12.1 Å². The zero-order valence-electron chi connectivity index (χ0n) is 9.70. The number of halogens is 1. The summed E-state index contributed by atoms with van der Waals surface area (Å²) in [6.45, 7) is 0. The summed E-state index contributed by atoms with van der Waals surface area (Å²) < 4.78 is 5.31. The SMILES string of the molecule is CNc1ncnc(Oc2cncc(Cl)c2)c1[N+](=O)[O-]. The fourth-order valence-electron chi connectivity index (χ4n) is 1.34. The van der Waals surface area contributed by atoms with E-state index in [0.717, 1.165) is 6.33 Å². The predicted octanol–water partition coefficient (Wildman–Crippen LogP) is 2.27. The number of nitrogens with zero attached hydrogens (tertiary/aromatic N) is 4. The molecule has 0 atom stereocenters. The first-order valence-corrected chi connectivity index (χ1v) is 5.45. The summed E-state index contributed by atoms with van der Waals surface area (Å²) in [6, 6.07) is 1.47. The van der Waals surface area contributed by atoms with Crippen LogP contribution in [0.3, 0.4) is 0 Å².